The molecule has 0 heterocycles. The van der Waals surface area contributed by atoms with E-state index in [1.807, 2.05) is 30.3 Å². The molecular weight excluding hydrogens is 358 g/mol. The van der Waals surface area contributed by atoms with Crippen molar-refractivity contribution in [1.82, 2.24) is 5.32 Å². The number of hydrogen-bond acceptors (Lipinski definition) is 5. The first-order valence-electron chi connectivity index (χ1n) is 8.94. The van der Waals surface area contributed by atoms with Gasteiger partial charge in [0.1, 0.15) is 6.54 Å². The Labute approximate surface area is 164 Å². The van der Waals surface area contributed by atoms with Crippen LogP contribution in [0.15, 0.2) is 54.6 Å². The summed E-state index contributed by atoms with van der Waals surface area (Å²) in [5, 5.41) is 5.31. The number of anilines is 1. The van der Waals surface area contributed by atoms with E-state index in [1.54, 1.807) is 31.2 Å². The third-order valence-corrected chi connectivity index (χ3v) is 4.38. The van der Waals surface area contributed by atoms with Crippen LogP contribution in [-0.4, -0.2) is 31.4 Å². The number of hydrogen-bond donors (Lipinski definition) is 3. The second kappa shape index (κ2) is 10.2. The Bertz CT molecular complexity index is 806. The van der Waals surface area contributed by atoms with Crippen molar-refractivity contribution in [3.05, 3.63) is 65.7 Å². The molecule has 0 spiro atoms. The van der Waals surface area contributed by atoms with Crippen LogP contribution in [-0.2, 0) is 25.5 Å². The minimum Gasteiger partial charge on any atom is -0.468 e. The van der Waals surface area contributed by atoms with Crippen LogP contribution in [0.5, 0.6) is 0 Å². The van der Waals surface area contributed by atoms with Gasteiger partial charge >= 0.3 is 5.97 Å². The number of esters is 1. The molecule has 4 N–H and O–H groups in total. The highest BCUT2D eigenvalue weighted by Gasteiger charge is 2.22. The molecule has 148 valence electrons. The van der Waals surface area contributed by atoms with Gasteiger partial charge in [0.15, 0.2) is 0 Å². The monoisotopic (exact) mass is 383 g/mol. The number of benzene rings is 2. The molecule has 2 aromatic rings. The lowest BCUT2D eigenvalue weighted by atomic mass is 9.94. The van der Waals surface area contributed by atoms with Gasteiger partial charge in [-0.2, -0.15) is 0 Å². The first kappa shape index (κ1) is 21.1. The Morgan fingerprint density at radius 2 is 1.68 bits per heavy atom. The predicted octanol–water partition coefficient (Wildman–Crippen LogP) is 1.79. The zero-order valence-electron chi connectivity index (χ0n) is 16.0. The zero-order valence-corrected chi connectivity index (χ0v) is 16.0. The van der Waals surface area contributed by atoms with Crippen LogP contribution in [0.2, 0.25) is 0 Å². The van der Waals surface area contributed by atoms with Gasteiger partial charge in [-0.15, -0.1) is 0 Å². The third kappa shape index (κ3) is 6.21. The summed E-state index contributed by atoms with van der Waals surface area (Å²) in [5.41, 5.74) is 8.47. The molecule has 2 unspecified atom stereocenters. The van der Waals surface area contributed by atoms with Crippen LogP contribution in [0.1, 0.15) is 24.1 Å². The summed E-state index contributed by atoms with van der Waals surface area (Å²) >= 11 is 0. The van der Waals surface area contributed by atoms with Crippen LogP contribution in [0.4, 0.5) is 5.69 Å². The second-order valence-corrected chi connectivity index (χ2v) is 6.44. The van der Waals surface area contributed by atoms with E-state index in [0.717, 1.165) is 11.1 Å². The maximum Gasteiger partial charge on any atom is 0.325 e. The summed E-state index contributed by atoms with van der Waals surface area (Å²) < 4.78 is 4.46. The van der Waals surface area contributed by atoms with Crippen molar-refractivity contribution in [2.24, 2.45) is 11.7 Å². The van der Waals surface area contributed by atoms with Gasteiger partial charge in [0.2, 0.25) is 11.8 Å². The largest absolute Gasteiger partial charge is 0.468 e. The molecule has 2 rings (SSSR count). The fraction of sp³-hybridized carbons (Fsp3) is 0.286. The molecule has 0 fully saturated rings. The fourth-order valence-electron chi connectivity index (χ4n) is 2.58. The molecule has 2 amide bonds. The predicted molar refractivity (Wildman–Crippen MR) is 106 cm³/mol. The van der Waals surface area contributed by atoms with Gasteiger partial charge in [-0.1, -0.05) is 49.4 Å². The van der Waals surface area contributed by atoms with Gasteiger partial charge in [0.05, 0.1) is 19.4 Å². The van der Waals surface area contributed by atoms with Crippen molar-refractivity contribution in [2.45, 2.75) is 19.4 Å². The summed E-state index contributed by atoms with van der Waals surface area (Å²) in [7, 11) is 1.26. The van der Waals surface area contributed by atoms with Crippen LogP contribution < -0.4 is 16.4 Å². The zero-order chi connectivity index (χ0) is 20.5. The Hall–Kier alpha value is -3.19. The molecule has 2 aromatic carbocycles. The molecule has 7 nitrogen and oxygen atoms in total. The van der Waals surface area contributed by atoms with E-state index in [-0.39, 0.29) is 24.8 Å². The number of methoxy groups -OCH3 is 1. The second-order valence-electron chi connectivity index (χ2n) is 6.44. The van der Waals surface area contributed by atoms with E-state index in [2.05, 4.69) is 15.4 Å². The highest BCUT2D eigenvalue weighted by Crippen LogP contribution is 2.21. The smallest absolute Gasteiger partial charge is 0.325 e. The van der Waals surface area contributed by atoms with Gasteiger partial charge in [0, 0.05) is 11.7 Å². The van der Waals surface area contributed by atoms with Crippen molar-refractivity contribution < 1.29 is 19.1 Å². The summed E-state index contributed by atoms with van der Waals surface area (Å²) in [6, 6.07) is 16.0. The first-order valence-corrected chi connectivity index (χ1v) is 8.94. The average molecular weight is 383 g/mol. The number of nitrogens with one attached hydrogen (secondary N) is 2. The molecule has 0 aromatic heterocycles. The Balaban J connectivity index is 1.88. The van der Waals surface area contributed by atoms with E-state index in [1.165, 1.54) is 7.11 Å². The third-order valence-electron chi connectivity index (χ3n) is 4.38. The topological polar surface area (TPSA) is 111 Å². The molecule has 0 radical (unpaired) electrons. The molecule has 0 aliphatic carbocycles. The summed E-state index contributed by atoms with van der Waals surface area (Å²) in [5.74, 6) is -1.38. The van der Waals surface area contributed by atoms with E-state index in [4.69, 9.17) is 5.73 Å². The number of carbonyl (C=O) groups is 3. The Morgan fingerprint density at radius 1 is 1.04 bits per heavy atom. The summed E-state index contributed by atoms with van der Waals surface area (Å²) in [6.45, 7) is 1.62. The molecule has 0 aliphatic heterocycles. The lowest BCUT2D eigenvalue weighted by Gasteiger charge is -2.20. The van der Waals surface area contributed by atoms with Crippen LogP contribution >= 0.6 is 0 Å². The SMILES string of the molecule is COC(=O)CNC(=O)Cc1ccc(NC(=O)C(C)C(N)c2ccccc2)cc1. The maximum absolute atomic E-state index is 12.5. The van der Waals surface area contributed by atoms with Gasteiger partial charge in [-0.05, 0) is 23.3 Å². The summed E-state index contributed by atoms with van der Waals surface area (Å²) in [4.78, 5) is 35.3. The van der Waals surface area contributed by atoms with Gasteiger partial charge in [-0.25, -0.2) is 0 Å². The minimum absolute atomic E-state index is 0.126. The lowest BCUT2D eigenvalue weighted by molar-refractivity contribution is -0.141. The number of ether oxygens (including phenoxy) is 1. The highest BCUT2D eigenvalue weighted by atomic mass is 16.5. The number of nitrogens with two attached hydrogens (primary N) is 1. The quantitative estimate of drug-likeness (QED) is 0.602. The number of rotatable bonds is 8. The van der Waals surface area contributed by atoms with Gasteiger partial charge in [-0.3, -0.25) is 14.4 Å². The van der Waals surface area contributed by atoms with Crippen LogP contribution in [0.25, 0.3) is 0 Å². The molecule has 0 aliphatic rings. The molecule has 0 bridgehead atoms. The van der Waals surface area contributed by atoms with Crippen LogP contribution in [0.3, 0.4) is 0 Å². The first-order chi connectivity index (χ1) is 13.4. The summed E-state index contributed by atoms with van der Waals surface area (Å²) in [6.07, 6.45) is 0.126. The molecule has 2 atom stereocenters. The Morgan fingerprint density at radius 3 is 2.29 bits per heavy atom. The normalized spacial score (nSPS) is 12.5. The fourth-order valence-corrected chi connectivity index (χ4v) is 2.58. The molecular formula is C21H25N3O4. The molecule has 0 saturated carbocycles. The van der Waals surface area contributed by atoms with Gasteiger partial charge in [0.25, 0.3) is 0 Å². The molecule has 28 heavy (non-hydrogen) atoms. The Kier molecular flexibility index (Phi) is 7.71. The van der Waals surface area contributed by atoms with Crippen molar-refractivity contribution >= 4 is 23.5 Å². The van der Waals surface area contributed by atoms with Crippen LogP contribution in [0, 0.1) is 5.92 Å². The number of carbonyl (C=O) groups excluding carboxylic acids is 3. The van der Waals surface area contributed by atoms with Crippen molar-refractivity contribution in [3.63, 3.8) is 0 Å². The van der Waals surface area contributed by atoms with Crippen molar-refractivity contribution in [3.8, 4) is 0 Å². The van der Waals surface area contributed by atoms with E-state index < -0.39 is 17.9 Å². The lowest BCUT2D eigenvalue weighted by Crippen LogP contribution is -2.31. The number of amides is 2. The standard InChI is InChI=1S/C21H25N3O4/c1-14(20(22)16-6-4-3-5-7-16)21(27)24-17-10-8-15(9-11-17)12-18(25)23-13-19(26)28-2/h3-11,14,20H,12-13,22H2,1-2H3,(H,23,25)(H,24,27). The van der Waals surface area contributed by atoms with E-state index >= 15 is 0 Å². The van der Waals surface area contributed by atoms with Gasteiger partial charge < -0.3 is 21.1 Å². The average Bonchev–Trinajstić information content (AvgIpc) is 2.72. The van der Waals surface area contributed by atoms with Crippen molar-refractivity contribution in [2.75, 3.05) is 19.0 Å². The molecule has 0 saturated heterocycles. The highest BCUT2D eigenvalue weighted by molar-refractivity contribution is 5.93. The van der Waals surface area contributed by atoms with E-state index in [0.29, 0.717) is 5.69 Å². The molecule has 7 heteroatoms. The maximum atomic E-state index is 12.5. The minimum atomic E-state index is -0.505. The van der Waals surface area contributed by atoms with Crippen molar-refractivity contribution in [1.29, 1.82) is 0 Å². The van der Waals surface area contributed by atoms with E-state index in [9.17, 15) is 14.4 Å².